The highest BCUT2D eigenvalue weighted by Gasteiger charge is 2.07. The Balaban J connectivity index is 2.06. The number of carbonyl (C=O) groups excluding carboxylic acids is 1. The summed E-state index contributed by atoms with van der Waals surface area (Å²) in [6.45, 7) is 5.68. The van der Waals surface area contributed by atoms with Crippen molar-refractivity contribution < 1.29 is 4.79 Å². The average Bonchev–Trinajstić information content (AvgIpc) is 2.42. The Morgan fingerprint density at radius 1 is 1.19 bits per heavy atom. The third-order valence-electron chi connectivity index (χ3n) is 3.14. The second-order valence-corrected chi connectivity index (χ2v) is 5.08. The fourth-order valence-electron chi connectivity index (χ4n) is 2.00. The number of hydrogen-bond donors (Lipinski definition) is 3. The van der Waals surface area contributed by atoms with Gasteiger partial charge in [-0.2, -0.15) is 0 Å². The molecule has 0 aliphatic carbocycles. The summed E-state index contributed by atoms with van der Waals surface area (Å²) in [5.74, 6) is 0. The van der Waals surface area contributed by atoms with Gasteiger partial charge in [0.15, 0.2) is 0 Å². The molecule has 110 valence electrons. The second-order valence-electron chi connectivity index (χ2n) is 5.08. The lowest BCUT2D eigenvalue weighted by molar-refractivity contribution is 0.262. The van der Waals surface area contributed by atoms with Crippen molar-refractivity contribution >= 4 is 17.4 Å². The highest BCUT2D eigenvalue weighted by molar-refractivity contribution is 6.00. The Labute approximate surface area is 124 Å². The van der Waals surface area contributed by atoms with Gasteiger partial charge in [-0.1, -0.05) is 12.1 Å². The molecule has 5 nitrogen and oxygen atoms in total. The lowest BCUT2D eigenvalue weighted by atomic mass is 10.1. The van der Waals surface area contributed by atoms with Gasteiger partial charge in [0.05, 0.1) is 11.4 Å². The number of nitrogens with two attached hydrogens (primary N) is 1. The Morgan fingerprint density at radius 2 is 1.95 bits per heavy atom. The molecule has 0 aliphatic heterocycles. The predicted octanol–water partition coefficient (Wildman–Crippen LogP) is 3.36. The molecule has 1 heterocycles. The van der Waals surface area contributed by atoms with Crippen LogP contribution < -0.4 is 16.4 Å². The molecule has 2 rings (SSSR count). The van der Waals surface area contributed by atoms with Crippen LogP contribution in [0, 0.1) is 13.8 Å². The zero-order chi connectivity index (χ0) is 15.4. The maximum atomic E-state index is 12.0. The van der Waals surface area contributed by atoms with E-state index in [1.165, 1.54) is 0 Å². The number of pyridine rings is 1. The number of amides is 2. The Bertz CT molecular complexity index is 652. The van der Waals surface area contributed by atoms with Gasteiger partial charge in [-0.3, -0.25) is 4.98 Å². The number of carbonyl (C=O) groups is 1. The summed E-state index contributed by atoms with van der Waals surface area (Å²) >= 11 is 0. The number of aryl methyl sites for hydroxylation is 2. The molecule has 0 saturated carbocycles. The maximum absolute atomic E-state index is 12.0. The van der Waals surface area contributed by atoms with Crippen LogP contribution in [0.15, 0.2) is 36.4 Å². The van der Waals surface area contributed by atoms with Gasteiger partial charge in [0.2, 0.25) is 0 Å². The number of rotatable bonds is 3. The van der Waals surface area contributed by atoms with E-state index in [0.717, 1.165) is 17.0 Å². The minimum Gasteiger partial charge on any atom is -0.324 e. The average molecular weight is 284 g/mol. The highest BCUT2D eigenvalue weighted by atomic mass is 16.2. The summed E-state index contributed by atoms with van der Waals surface area (Å²) in [4.78, 5) is 16.3. The van der Waals surface area contributed by atoms with Crippen LogP contribution in [0.1, 0.15) is 29.9 Å². The van der Waals surface area contributed by atoms with Crippen LogP contribution in [0.25, 0.3) is 0 Å². The first-order valence-electron chi connectivity index (χ1n) is 6.83. The Kier molecular flexibility index (Phi) is 4.55. The predicted molar refractivity (Wildman–Crippen MR) is 85.4 cm³/mol. The molecule has 1 aromatic carbocycles. The van der Waals surface area contributed by atoms with Crippen molar-refractivity contribution in [3.63, 3.8) is 0 Å². The van der Waals surface area contributed by atoms with Gasteiger partial charge in [0.25, 0.3) is 0 Å². The van der Waals surface area contributed by atoms with E-state index in [9.17, 15) is 4.79 Å². The Morgan fingerprint density at radius 3 is 2.62 bits per heavy atom. The normalized spacial score (nSPS) is 11.8. The van der Waals surface area contributed by atoms with E-state index >= 15 is 0 Å². The first kappa shape index (κ1) is 15.0. The molecule has 21 heavy (non-hydrogen) atoms. The summed E-state index contributed by atoms with van der Waals surface area (Å²) in [5.41, 5.74) is 9.92. The number of nitrogens with one attached hydrogen (secondary N) is 2. The molecule has 0 bridgehead atoms. The van der Waals surface area contributed by atoms with Crippen LogP contribution in [-0.4, -0.2) is 11.0 Å². The van der Waals surface area contributed by atoms with E-state index in [1.807, 2.05) is 57.2 Å². The fourth-order valence-corrected chi connectivity index (χ4v) is 2.00. The first-order valence-corrected chi connectivity index (χ1v) is 6.83. The van der Waals surface area contributed by atoms with Gasteiger partial charge in [0.1, 0.15) is 0 Å². The molecule has 0 aliphatic rings. The van der Waals surface area contributed by atoms with Gasteiger partial charge >= 0.3 is 6.03 Å². The third-order valence-corrected chi connectivity index (χ3v) is 3.14. The topological polar surface area (TPSA) is 80.0 Å². The van der Waals surface area contributed by atoms with Crippen molar-refractivity contribution in [2.45, 2.75) is 26.8 Å². The minimum atomic E-state index is -0.300. The largest absolute Gasteiger partial charge is 0.324 e. The zero-order valence-electron chi connectivity index (χ0n) is 12.5. The van der Waals surface area contributed by atoms with Gasteiger partial charge < -0.3 is 16.4 Å². The quantitative estimate of drug-likeness (QED) is 0.808. The van der Waals surface area contributed by atoms with Crippen LogP contribution in [0.3, 0.4) is 0 Å². The Hall–Kier alpha value is -2.40. The van der Waals surface area contributed by atoms with Gasteiger partial charge in [-0.25, -0.2) is 4.79 Å². The summed E-state index contributed by atoms with van der Waals surface area (Å²) in [5, 5.41) is 5.58. The standard InChI is InChI=1S/C16H20N4O/c1-10-7-8-15(12(3)18-10)20-16(21)19-14-6-4-5-13(9-14)11(2)17/h4-9,11H,17H2,1-3H3,(H2,19,20,21). The van der Waals surface area contributed by atoms with Crippen LogP contribution in [0.4, 0.5) is 16.2 Å². The molecule has 1 atom stereocenters. The number of benzene rings is 1. The molecule has 0 fully saturated rings. The van der Waals surface area contributed by atoms with Gasteiger partial charge in [-0.15, -0.1) is 0 Å². The number of urea groups is 1. The lowest BCUT2D eigenvalue weighted by Gasteiger charge is -2.11. The number of aromatic nitrogens is 1. The third kappa shape index (κ3) is 4.03. The summed E-state index contributed by atoms with van der Waals surface area (Å²) in [6, 6.07) is 10.8. The summed E-state index contributed by atoms with van der Waals surface area (Å²) in [6.07, 6.45) is 0. The monoisotopic (exact) mass is 284 g/mol. The van der Waals surface area contributed by atoms with E-state index in [0.29, 0.717) is 11.4 Å². The highest BCUT2D eigenvalue weighted by Crippen LogP contribution is 2.17. The van der Waals surface area contributed by atoms with Gasteiger partial charge in [0, 0.05) is 17.4 Å². The molecular weight excluding hydrogens is 264 g/mol. The minimum absolute atomic E-state index is 0.0710. The summed E-state index contributed by atoms with van der Waals surface area (Å²) in [7, 11) is 0. The molecule has 0 radical (unpaired) electrons. The number of anilines is 2. The number of hydrogen-bond acceptors (Lipinski definition) is 3. The van der Waals surface area contributed by atoms with E-state index in [4.69, 9.17) is 5.73 Å². The van der Waals surface area contributed by atoms with Crippen molar-refractivity contribution in [1.82, 2.24) is 4.98 Å². The SMILES string of the molecule is Cc1ccc(NC(=O)Nc2cccc(C(C)N)c2)c(C)n1. The molecule has 2 aromatic rings. The smallest absolute Gasteiger partial charge is 0.323 e. The first-order chi connectivity index (χ1) is 9.95. The van der Waals surface area contributed by atoms with Crippen LogP contribution in [0.2, 0.25) is 0 Å². The molecule has 0 spiro atoms. The van der Waals surface area contributed by atoms with E-state index in [1.54, 1.807) is 0 Å². The van der Waals surface area contributed by atoms with Crippen molar-refractivity contribution in [3.8, 4) is 0 Å². The molecule has 1 aromatic heterocycles. The molecule has 2 amide bonds. The van der Waals surface area contributed by atoms with Crippen LogP contribution in [0.5, 0.6) is 0 Å². The molecule has 0 saturated heterocycles. The molecule has 1 unspecified atom stereocenters. The maximum Gasteiger partial charge on any atom is 0.323 e. The molecule has 5 heteroatoms. The lowest BCUT2D eigenvalue weighted by Crippen LogP contribution is -2.20. The van der Waals surface area contributed by atoms with Crippen LogP contribution in [-0.2, 0) is 0 Å². The second kappa shape index (κ2) is 6.37. The molecule has 4 N–H and O–H groups in total. The van der Waals surface area contributed by atoms with Crippen molar-refractivity contribution in [2.75, 3.05) is 10.6 Å². The van der Waals surface area contributed by atoms with Crippen molar-refractivity contribution in [1.29, 1.82) is 0 Å². The van der Waals surface area contributed by atoms with E-state index in [-0.39, 0.29) is 12.1 Å². The van der Waals surface area contributed by atoms with E-state index in [2.05, 4.69) is 15.6 Å². The molecular formula is C16H20N4O. The zero-order valence-corrected chi connectivity index (χ0v) is 12.5. The fraction of sp³-hybridized carbons (Fsp3) is 0.250. The van der Waals surface area contributed by atoms with Gasteiger partial charge in [-0.05, 0) is 50.6 Å². The van der Waals surface area contributed by atoms with E-state index < -0.39 is 0 Å². The number of nitrogens with zero attached hydrogens (tertiary/aromatic N) is 1. The van der Waals surface area contributed by atoms with Crippen molar-refractivity contribution in [3.05, 3.63) is 53.3 Å². The van der Waals surface area contributed by atoms with Crippen LogP contribution >= 0.6 is 0 Å². The van der Waals surface area contributed by atoms with Crippen molar-refractivity contribution in [2.24, 2.45) is 5.73 Å². The summed E-state index contributed by atoms with van der Waals surface area (Å²) < 4.78 is 0.